The average Bonchev–Trinajstić information content (AvgIpc) is 1.89. The van der Waals surface area contributed by atoms with E-state index in [2.05, 4.69) is 12.2 Å². The van der Waals surface area contributed by atoms with E-state index < -0.39 is 0 Å². The van der Waals surface area contributed by atoms with E-state index in [0.717, 1.165) is 13.0 Å². The van der Waals surface area contributed by atoms with Gasteiger partial charge in [-0.1, -0.05) is 6.42 Å². The first-order valence-corrected chi connectivity index (χ1v) is 3.68. The van der Waals surface area contributed by atoms with Crippen LogP contribution in [0.15, 0.2) is 0 Å². The highest BCUT2D eigenvalue weighted by Gasteiger charge is 1.94. The lowest BCUT2D eigenvalue weighted by Crippen LogP contribution is -2.20. The van der Waals surface area contributed by atoms with Crippen LogP contribution < -0.4 is 11.1 Å². The van der Waals surface area contributed by atoms with Gasteiger partial charge in [-0.3, -0.25) is 0 Å². The third kappa shape index (κ3) is 5.80. The Kier molecular flexibility index (Phi) is 5.99. The molecular weight excluding hydrogens is 112 g/mol. The van der Waals surface area contributed by atoms with E-state index in [4.69, 9.17) is 5.73 Å². The molecule has 2 heteroatoms. The number of hydrogen-bond donors (Lipinski definition) is 2. The number of nitrogens with one attached hydrogen (secondary N) is 1. The summed E-state index contributed by atoms with van der Waals surface area (Å²) in [6.07, 6.45) is 3.65. The summed E-state index contributed by atoms with van der Waals surface area (Å²) in [5.41, 5.74) is 5.34. The lowest BCUT2D eigenvalue weighted by molar-refractivity contribution is 0.531. The fourth-order valence-electron chi connectivity index (χ4n) is 0.739. The Morgan fingerprint density at radius 1 is 1.44 bits per heavy atom. The van der Waals surface area contributed by atoms with E-state index in [-0.39, 0.29) is 0 Å². The largest absolute Gasteiger partial charge is 0.330 e. The first-order chi connectivity index (χ1) is 4.31. The van der Waals surface area contributed by atoms with Gasteiger partial charge in [0.15, 0.2) is 0 Å². The lowest BCUT2D eigenvalue weighted by atomic mass is 10.1. The molecule has 0 aromatic rings. The molecule has 0 aliphatic rings. The predicted octanol–water partition coefficient (Wildman–Crippen LogP) is 0.723. The van der Waals surface area contributed by atoms with Crippen molar-refractivity contribution in [1.82, 2.24) is 5.32 Å². The minimum absolute atomic E-state index is 0.650. The maximum Gasteiger partial charge on any atom is 0.00357 e. The minimum Gasteiger partial charge on any atom is -0.330 e. The topological polar surface area (TPSA) is 38.0 Å². The van der Waals surface area contributed by atoms with Gasteiger partial charge in [-0.2, -0.15) is 0 Å². The highest BCUT2D eigenvalue weighted by molar-refractivity contribution is 4.56. The molecule has 1 atom stereocenters. The molecule has 0 fully saturated rings. The Hall–Kier alpha value is -0.0800. The summed E-state index contributed by atoms with van der Waals surface area (Å²) in [7, 11) is 1.99. The fourth-order valence-corrected chi connectivity index (χ4v) is 0.739. The van der Waals surface area contributed by atoms with Gasteiger partial charge in [0.25, 0.3) is 0 Å². The maximum atomic E-state index is 5.34. The summed E-state index contributed by atoms with van der Waals surface area (Å²) in [5.74, 6) is 0. The van der Waals surface area contributed by atoms with Crippen LogP contribution in [0.25, 0.3) is 0 Å². The second-order valence-electron chi connectivity index (χ2n) is 2.47. The number of hydrogen-bond acceptors (Lipinski definition) is 2. The average molecular weight is 130 g/mol. The Morgan fingerprint density at radius 2 is 2.11 bits per heavy atom. The van der Waals surface area contributed by atoms with Gasteiger partial charge < -0.3 is 11.1 Å². The molecule has 0 heterocycles. The van der Waals surface area contributed by atoms with Crippen LogP contribution in [-0.2, 0) is 0 Å². The monoisotopic (exact) mass is 130 g/mol. The Balaban J connectivity index is 2.88. The van der Waals surface area contributed by atoms with E-state index >= 15 is 0 Å². The van der Waals surface area contributed by atoms with Gasteiger partial charge in [0.2, 0.25) is 0 Å². The van der Waals surface area contributed by atoms with Crippen molar-refractivity contribution in [1.29, 1.82) is 0 Å². The van der Waals surface area contributed by atoms with Crippen LogP contribution >= 0.6 is 0 Å². The van der Waals surface area contributed by atoms with Crippen LogP contribution in [0.5, 0.6) is 0 Å². The second-order valence-corrected chi connectivity index (χ2v) is 2.47. The summed E-state index contributed by atoms with van der Waals surface area (Å²) < 4.78 is 0. The normalized spacial score (nSPS) is 13.7. The van der Waals surface area contributed by atoms with E-state index in [1.807, 2.05) is 7.05 Å². The predicted molar refractivity (Wildman–Crippen MR) is 41.4 cm³/mol. The molecule has 0 rings (SSSR count). The highest BCUT2D eigenvalue weighted by Crippen LogP contribution is 1.97. The Morgan fingerprint density at radius 3 is 2.56 bits per heavy atom. The van der Waals surface area contributed by atoms with Crippen LogP contribution in [-0.4, -0.2) is 19.6 Å². The summed E-state index contributed by atoms with van der Waals surface area (Å²) in [6, 6.07) is 0.650. The molecule has 2 nitrogen and oxygen atoms in total. The first kappa shape index (κ1) is 8.92. The van der Waals surface area contributed by atoms with E-state index in [1.54, 1.807) is 0 Å². The van der Waals surface area contributed by atoms with Gasteiger partial charge in [-0.15, -0.1) is 0 Å². The zero-order chi connectivity index (χ0) is 7.11. The highest BCUT2D eigenvalue weighted by atomic mass is 14.8. The maximum absolute atomic E-state index is 5.34. The van der Waals surface area contributed by atoms with Crippen LogP contribution in [0, 0.1) is 0 Å². The molecule has 0 bridgehead atoms. The van der Waals surface area contributed by atoms with E-state index in [0.29, 0.717) is 6.04 Å². The van der Waals surface area contributed by atoms with Crippen molar-refractivity contribution in [3.05, 3.63) is 0 Å². The molecule has 0 saturated heterocycles. The molecule has 0 aliphatic heterocycles. The third-order valence-corrected chi connectivity index (χ3v) is 1.58. The summed E-state index contributed by atoms with van der Waals surface area (Å²) in [5, 5.41) is 3.18. The molecule has 0 aromatic heterocycles. The standard InChI is InChI=1S/C7H18N2/c1-7(9-2)5-3-4-6-8/h7,9H,3-6,8H2,1-2H3/t7-/m1/s1. The molecule has 0 saturated carbocycles. The van der Waals surface area contributed by atoms with Crippen LogP contribution in [0.2, 0.25) is 0 Å². The van der Waals surface area contributed by atoms with E-state index in [9.17, 15) is 0 Å². The Bertz CT molecular complexity index is 54.9. The molecule has 0 aliphatic carbocycles. The van der Waals surface area contributed by atoms with Crippen molar-refractivity contribution in [2.75, 3.05) is 13.6 Å². The molecule has 56 valence electrons. The van der Waals surface area contributed by atoms with Crippen LogP contribution in [0.3, 0.4) is 0 Å². The Labute approximate surface area is 57.8 Å². The third-order valence-electron chi connectivity index (χ3n) is 1.58. The zero-order valence-corrected chi connectivity index (χ0v) is 6.48. The zero-order valence-electron chi connectivity index (χ0n) is 6.48. The first-order valence-electron chi connectivity index (χ1n) is 3.68. The summed E-state index contributed by atoms with van der Waals surface area (Å²) in [6.45, 7) is 3.02. The molecule has 0 amide bonds. The quantitative estimate of drug-likeness (QED) is 0.538. The molecule has 0 radical (unpaired) electrons. The molecule has 9 heavy (non-hydrogen) atoms. The van der Waals surface area contributed by atoms with Gasteiger partial charge >= 0.3 is 0 Å². The van der Waals surface area contributed by atoms with Crippen molar-refractivity contribution in [2.45, 2.75) is 32.2 Å². The second kappa shape index (κ2) is 6.05. The number of nitrogens with two attached hydrogens (primary N) is 1. The lowest BCUT2D eigenvalue weighted by Gasteiger charge is -2.07. The van der Waals surface area contributed by atoms with Crippen molar-refractivity contribution < 1.29 is 0 Å². The summed E-state index contributed by atoms with van der Waals surface area (Å²) >= 11 is 0. The van der Waals surface area contributed by atoms with Gasteiger partial charge in [0, 0.05) is 6.04 Å². The van der Waals surface area contributed by atoms with Gasteiger partial charge in [-0.25, -0.2) is 0 Å². The van der Waals surface area contributed by atoms with Crippen molar-refractivity contribution >= 4 is 0 Å². The van der Waals surface area contributed by atoms with Crippen LogP contribution in [0.4, 0.5) is 0 Å². The van der Waals surface area contributed by atoms with Crippen molar-refractivity contribution in [3.63, 3.8) is 0 Å². The summed E-state index contributed by atoms with van der Waals surface area (Å²) in [4.78, 5) is 0. The molecule has 0 unspecified atom stereocenters. The van der Waals surface area contributed by atoms with Gasteiger partial charge in [-0.05, 0) is 33.4 Å². The molecular formula is C7H18N2. The molecule has 0 aromatic carbocycles. The number of rotatable bonds is 5. The molecule has 3 N–H and O–H groups in total. The fraction of sp³-hybridized carbons (Fsp3) is 1.00. The SMILES string of the molecule is CN[C@H](C)CCCCN. The van der Waals surface area contributed by atoms with Crippen molar-refractivity contribution in [3.8, 4) is 0 Å². The van der Waals surface area contributed by atoms with Crippen LogP contribution in [0.1, 0.15) is 26.2 Å². The van der Waals surface area contributed by atoms with Crippen molar-refractivity contribution in [2.24, 2.45) is 5.73 Å². The van der Waals surface area contributed by atoms with Gasteiger partial charge in [0.1, 0.15) is 0 Å². The van der Waals surface area contributed by atoms with Gasteiger partial charge in [0.05, 0.1) is 0 Å². The minimum atomic E-state index is 0.650. The molecule has 0 spiro atoms. The smallest absolute Gasteiger partial charge is 0.00357 e. The number of unbranched alkanes of at least 4 members (excludes halogenated alkanes) is 1. The van der Waals surface area contributed by atoms with E-state index in [1.165, 1.54) is 12.8 Å².